The first-order chi connectivity index (χ1) is 9.49. The summed E-state index contributed by atoms with van der Waals surface area (Å²) in [5.74, 6) is 0.861. The van der Waals surface area contributed by atoms with E-state index < -0.39 is 0 Å². The molecule has 2 heterocycles. The molecule has 1 aromatic rings. The van der Waals surface area contributed by atoms with E-state index in [0.29, 0.717) is 12.0 Å². The normalized spacial score (nSPS) is 23.4. The van der Waals surface area contributed by atoms with Gasteiger partial charge in [0, 0.05) is 42.9 Å². The second-order valence-electron chi connectivity index (χ2n) is 6.21. The topological polar surface area (TPSA) is 61.0 Å². The Morgan fingerprint density at radius 2 is 2.35 bits per heavy atom. The Labute approximate surface area is 121 Å². The van der Waals surface area contributed by atoms with Gasteiger partial charge in [0.15, 0.2) is 0 Å². The van der Waals surface area contributed by atoms with E-state index in [2.05, 4.69) is 22.4 Å². The summed E-state index contributed by atoms with van der Waals surface area (Å²) in [6.45, 7) is 10.8. The highest BCUT2D eigenvalue weighted by Crippen LogP contribution is 2.19. The van der Waals surface area contributed by atoms with E-state index in [-0.39, 0.29) is 11.8 Å². The summed E-state index contributed by atoms with van der Waals surface area (Å²) in [7, 11) is 0. The molecule has 112 valence electrons. The van der Waals surface area contributed by atoms with Crippen LogP contribution in [0, 0.1) is 18.8 Å². The van der Waals surface area contributed by atoms with E-state index in [1.807, 2.05) is 31.9 Å². The summed E-state index contributed by atoms with van der Waals surface area (Å²) in [5, 5.41) is 10.6. The molecule has 2 N–H and O–H groups in total. The summed E-state index contributed by atoms with van der Waals surface area (Å²) in [5.41, 5.74) is 2.34. The maximum absolute atomic E-state index is 12.0. The van der Waals surface area contributed by atoms with Crippen molar-refractivity contribution in [2.24, 2.45) is 11.8 Å². The summed E-state index contributed by atoms with van der Waals surface area (Å²) in [6.07, 6.45) is 2.90. The first kappa shape index (κ1) is 15.0. The molecule has 1 aliphatic heterocycles. The van der Waals surface area contributed by atoms with E-state index >= 15 is 0 Å². The van der Waals surface area contributed by atoms with Crippen LogP contribution in [-0.2, 0) is 11.3 Å². The molecule has 5 nitrogen and oxygen atoms in total. The first-order valence-corrected chi connectivity index (χ1v) is 7.50. The summed E-state index contributed by atoms with van der Waals surface area (Å²) in [6, 6.07) is 0.473. The first-order valence-electron chi connectivity index (χ1n) is 7.50. The van der Waals surface area contributed by atoms with Crippen molar-refractivity contribution < 1.29 is 4.79 Å². The van der Waals surface area contributed by atoms with E-state index in [4.69, 9.17) is 0 Å². The summed E-state index contributed by atoms with van der Waals surface area (Å²) in [4.78, 5) is 14.0. The second-order valence-corrected chi connectivity index (χ2v) is 6.21. The molecule has 1 aliphatic rings. The van der Waals surface area contributed by atoms with Crippen molar-refractivity contribution in [3.8, 4) is 0 Å². The number of aromatic nitrogens is 2. The largest absolute Gasteiger partial charge is 0.342 e. The number of aromatic amines is 1. The molecule has 20 heavy (non-hydrogen) atoms. The third-order valence-corrected chi connectivity index (χ3v) is 4.20. The van der Waals surface area contributed by atoms with Gasteiger partial charge < -0.3 is 10.2 Å². The van der Waals surface area contributed by atoms with Gasteiger partial charge in [0.1, 0.15) is 0 Å². The number of nitrogens with one attached hydrogen (secondary N) is 2. The van der Waals surface area contributed by atoms with Gasteiger partial charge in [-0.05, 0) is 19.3 Å². The predicted molar refractivity (Wildman–Crippen MR) is 79.2 cm³/mol. The minimum atomic E-state index is 0.0975. The third-order valence-electron chi connectivity index (χ3n) is 4.20. The molecule has 0 radical (unpaired) electrons. The lowest BCUT2D eigenvalue weighted by atomic mass is 9.93. The van der Waals surface area contributed by atoms with Gasteiger partial charge in [0.2, 0.25) is 5.91 Å². The van der Waals surface area contributed by atoms with Gasteiger partial charge in [0.25, 0.3) is 0 Å². The fourth-order valence-electron chi connectivity index (χ4n) is 2.81. The molecule has 0 aromatic carbocycles. The Balaban J connectivity index is 1.84. The van der Waals surface area contributed by atoms with Crippen LogP contribution in [0.1, 0.15) is 38.4 Å². The van der Waals surface area contributed by atoms with Gasteiger partial charge in [-0.15, -0.1) is 0 Å². The molecule has 1 amide bonds. The van der Waals surface area contributed by atoms with Crippen LogP contribution in [0.5, 0.6) is 0 Å². The molecule has 1 fully saturated rings. The molecule has 0 spiro atoms. The van der Waals surface area contributed by atoms with Gasteiger partial charge in [-0.1, -0.05) is 20.8 Å². The highest BCUT2D eigenvalue weighted by molar-refractivity contribution is 5.78. The number of rotatable bonds is 4. The van der Waals surface area contributed by atoms with Gasteiger partial charge in [-0.25, -0.2) is 0 Å². The summed E-state index contributed by atoms with van der Waals surface area (Å²) < 4.78 is 0. The number of piperidine rings is 1. The molecule has 0 saturated carbocycles. The molecule has 2 atom stereocenters. The van der Waals surface area contributed by atoms with Crippen molar-refractivity contribution in [2.75, 3.05) is 13.1 Å². The van der Waals surface area contributed by atoms with Crippen molar-refractivity contribution in [3.05, 3.63) is 17.5 Å². The monoisotopic (exact) mass is 278 g/mol. The number of carbonyl (C=O) groups is 1. The Morgan fingerprint density at radius 1 is 1.60 bits per heavy atom. The SMILES string of the molecule is Cc1[nH]ncc1CN[C@H]1CCN(C(=O)C(C)C)C[C@H]1C. The van der Waals surface area contributed by atoms with Crippen molar-refractivity contribution in [1.82, 2.24) is 20.4 Å². The number of aryl methyl sites for hydroxylation is 1. The quantitative estimate of drug-likeness (QED) is 0.881. The van der Waals surface area contributed by atoms with Crippen LogP contribution >= 0.6 is 0 Å². The number of hydrogen-bond acceptors (Lipinski definition) is 3. The molecule has 0 aliphatic carbocycles. The zero-order chi connectivity index (χ0) is 14.7. The van der Waals surface area contributed by atoms with Gasteiger partial charge in [-0.2, -0.15) is 5.10 Å². The molecule has 0 bridgehead atoms. The van der Waals surface area contributed by atoms with Crippen molar-refractivity contribution in [1.29, 1.82) is 0 Å². The van der Waals surface area contributed by atoms with E-state index in [1.54, 1.807) is 0 Å². The van der Waals surface area contributed by atoms with Crippen molar-refractivity contribution in [2.45, 2.75) is 46.7 Å². The van der Waals surface area contributed by atoms with Gasteiger partial charge in [0.05, 0.1) is 6.20 Å². The number of H-pyrrole nitrogens is 1. The molecule has 1 saturated heterocycles. The Kier molecular flexibility index (Phi) is 4.81. The maximum atomic E-state index is 12.0. The van der Waals surface area contributed by atoms with Crippen LogP contribution in [0.3, 0.4) is 0 Å². The third kappa shape index (κ3) is 3.39. The van der Waals surface area contributed by atoms with E-state index in [9.17, 15) is 4.79 Å². The Morgan fingerprint density at radius 3 is 2.90 bits per heavy atom. The van der Waals surface area contributed by atoms with Crippen LogP contribution in [0.2, 0.25) is 0 Å². The van der Waals surface area contributed by atoms with Crippen LogP contribution in [-0.4, -0.2) is 40.1 Å². The van der Waals surface area contributed by atoms with Crippen LogP contribution < -0.4 is 5.32 Å². The highest BCUT2D eigenvalue weighted by atomic mass is 16.2. The standard InChI is InChI=1S/C15H26N4O/c1-10(2)15(20)19-6-5-14(11(3)9-19)16-7-13-8-17-18-12(13)4/h8,10-11,14,16H,5-7,9H2,1-4H3,(H,17,18)/t11-,14+/m1/s1. The number of carbonyl (C=O) groups excluding carboxylic acids is 1. The molecule has 5 heteroatoms. The summed E-state index contributed by atoms with van der Waals surface area (Å²) >= 11 is 0. The highest BCUT2D eigenvalue weighted by Gasteiger charge is 2.29. The van der Waals surface area contributed by atoms with Crippen molar-refractivity contribution >= 4 is 5.91 Å². The number of hydrogen-bond donors (Lipinski definition) is 2. The lowest BCUT2D eigenvalue weighted by Gasteiger charge is -2.38. The molecule has 2 rings (SSSR count). The molecular weight excluding hydrogens is 252 g/mol. The Hall–Kier alpha value is -1.36. The van der Waals surface area contributed by atoms with Crippen molar-refractivity contribution in [3.63, 3.8) is 0 Å². The van der Waals surface area contributed by atoms with Crippen LogP contribution in [0.4, 0.5) is 0 Å². The minimum Gasteiger partial charge on any atom is -0.342 e. The Bertz CT molecular complexity index is 454. The van der Waals surface area contributed by atoms with E-state index in [0.717, 1.165) is 31.7 Å². The fourth-order valence-corrected chi connectivity index (χ4v) is 2.81. The van der Waals surface area contributed by atoms with Gasteiger partial charge >= 0.3 is 0 Å². The fraction of sp³-hybridized carbons (Fsp3) is 0.733. The number of likely N-dealkylation sites (tertiary alicyclic amines) is 1. The zero-order valence-electron chi connectivity index (χ0n) is 12.9. The van der Waals surface area contributed by atoms with Crippen LogP contribution in [0.25, 0.3) is 0 Å². The lowest BCUT2D eigenvalue weighted by molar-refractivity contribution is -0.136. The molecular formula is C15H26N4O. The van der Waals surface area contributed by atoms with E-state index in [1.165, 1.54) is 5.56 Å². The zero-order valence-corrected chi connectivity index (χ0v) is 12.9. The maximum Gasteiger partial charge on any atom is 0.225 e. The molecule has 0 unspecified atom stereocenters. The average molecular weight is 278 g/mol. The smallest absolute Gasteiger partial charge is 0.225 e. The number of amides is 1. The average Bonchev–Trinajstić information content (AvgIpc) is 2.82. The van der Waals surface area contributed by atoms with Gasteiger partial charge in [-0.3, -0.25) is 9.89 Å². The minimum absolute atomic E-state index is 0.0975. The lowest BCUT2D eigenvalue weighted by Crippen LogP contribution is -2.50. The predicted octanol–water partition coefficient (Wildman–Crippen LogP) is 1.70. The van der Waals surface area contributed by atoms with Crippen LogP contribution in [0.15, 0.2) is 6.20 Å². The number of nitrogens with zero attached hydrogens (tertiary/aromatic N) is 2. The molecule has 1 aromatic heterocycles. The second kappa shape index (κ2) is 6.39.